The lowest BCUT2D eigenvalue weighted by atomic mass is 10.0. The molecule has 43 heavy (non-hydrogen) atoms. The van der Waals surface area contributed by atoms with Gasteiger partial charge in [-0.15, -0.1) is 0 Å². The summed E-state index contributed by atoms with van der Waals surface area (Å²) in [5.41, 5.74) is 15.8. The van der Waals surface area contributed by atoms with E-state index in [-0.39, 0.29) is 0 Å². The molecule has 3 rings (SSSR count). The molecular weight excluding hydrogens is 526 g/mol. The van der Waals surface area contributed by atoms with Gasteiger partial charge in [0, 0.05) is 18.3 Å². The molecule has 0 spiro atoms. The summed E-state index contributed by atoms with van der Waals surface area (Å²) >= 11 is 0. The molecule has 0 fully saturated rings. The van der Waals surface area contributed by atoms with Crippen LogP contribution in [0.25, 0.3) is 0 Å². The van der Waals surface area contributed by atoms with E-state index in [1.165, 1.54) is 41.6 Å². The molecule has 2 aromatic carbocycles. The van der Waals surface area contributed by atoms with E-state index in [9.17, 15) is 0 Å². The topological polar surface area (TPSA) is 105 Å². The van der Waals surface area contributed by atoms with Gasteiger partial charge in [0.05, 0.1) is 12.2 Å². The van der Waals surface area contributed by atoms with Crippen LogP contribution < -0.4 is 11.5 Å². The number of imidazole rings is 1. The molecule has 1 aromatic heterocycles. The van der Waals surface area contributed by atoms with E-state index in [2.05, 4.69) is 135 Å². The molecule has 0 atom stereocenters. The molecule has 0 aliphatic heterocycles. The molecule has 3 aromatic rings. The molecule has 0 bridgehead atoms. The van der Waals surface area contributed by atoms with Crippen molar-refractivity contribution in [3.63, 3.8) is 0 Å². The van der Waals surface area contributed by atoms with Crippen LogP contribution in [-0.4, -0.2) is 22.3 Å². The predicted molar refractivity (Wildman–Crippen MR) is 192 cm³/mol. The quantitative estimate of drug-likeness (QED) is 0.139. The number of aromatic nitrogens is 2. The van der Waals surface area contributed by atoms with Crippen molar-refractivity contribution in [1.29, 1.82) is 5.41 Å². The molecule has 0 saturated carbocycles. The summed E-state index contributed by atoms with van der Waals surface area (Å²) in [4.78, 5) is 6.91. The second-order valence-corrected chi connectivity index (χ2v) is 12.9. The van der Waals surface area contributed by atoms with Crippen LogP contribution in [-0.2, 0) is 0 Å². The van der Waals surface area contributed by atoms with E-state index in [0.29, 0.717) is 23.6 Å². The lowest BCUT2D eigenvalue weighted by Crippen LogP contribution is -2.08. The minimum absolute atomic E-state index is 0.315. The normalized spacial score (nSPS) is 10.3. The molecule has 0 aliphatic rings. The van der Waals surface area contributed by atoms with Crippen molar-refractivity contribution in [3.05, 3.63) is 89.5 Å². The van der Waals surface area contributed by atoms with E-state index in [0.717, 1.165) is 31.2 Å². The van der Waals surface area contributed by atoms with Crippen molar-refractivity contribution >= 4 is 5.84 Å². The number of nitrogens with zero attached hydrogens (tertiary/aromatic N) is 1. The molecule has 0 saturated heterocycles. The first-order valence-corrected chi connectivity index (χ1v) is 16.3. The van der Waals surface area contributed by atoms with Gasteiger partial charge in [-0.25, -0.2) is 4.98 Å². The fourth-order valence-corrected chi connectivity index (χ4v) is 3.60. The molecule has 0 radical (unpaired) electrons. The molecule has 0 amide bonds. The van der Waals surface area contributed by atoms with Gasteiger partial charge in [-0.05, 0) is 73.4 Å². The van der Waals surface area contributed by atoms with Crippen molar-refractivity contribution in [1.82, 2.24) is 9.97 Å². The second kappa shape index (κ2) is 26.7. The summed E-state index contributed by atoms with van der Waals surface area (Å²) in [5.74, 6) is 3.76. The zero-order chi connectivity index (χ0) is 33.2. The van der Waals surface area contributed by atoms with Crippen molar-refractivity contribution < 1.29 is 0 Å². The highest BCUT2D eigenvalue weighted by molar-refractivity contribution is 5.76. The summed E-state index contributed by atoms with van der Waals surface area (Å²) in [7, 11) is 0. The highest BCUT2D eigenvalue weighted by Crippen LogP contribution is 2.14. The fourth-order valence-electron chi connectivity index (χ4n) is 3.60. The Morgan fingerprint density at radius 3 is 1.51 bits per heavy atom. The zero-order valence-corrected chi connectivity index (χ0v) is 29.6. The largest absolute Gasteiger partial charge is 0.388 e. The number of nitrogens with two attached hydrogens (primary N) is 2. The van der Waals surface area contributed by atoms with Crippen LogP contribution in [0.4, 0.5) is 0 Å². The van der Waals surface area contributed by atoms with Gasteiger partial charge in [-0.2, -0.15) is 0 Å². The Balaban J connectivity index is 0. The van der Waals surface area contributed by atoms with Crippen LogP contribution >= 0.6 is 0 Å². The van der Waals surface area contributed by atoms with Crippen LogP contribution in [0.15, 0.2) is 67.1 Å². The number of hydrogen-bond acceptors (Lipinski definition) is 3. The summed E-state index contributed by atoms with van der Waals surface area (Å²) in [6.07, 6.45) is 9.01. The van der Waals surface area contributed by atoms with E-state index in [4.69, 9.17) is 16.9 Å². The zero-order valence-electron chi connectivity index (χ0n) is 29.6. The van der Waals surface area contributed by atoms with E-state index < -0.39 is 0 Å². The molecule has 1 heterocycles. The number of H-pyrrole nitrogens is 1. The van der Waals surface area contributed by atoms with Gasteiger partial charge in [0.15, 0.2) is 0 Å². The first-order chi connectivity index (χ1) is 20.2. The van der Waals surface area contributed by atoms with E-state index >= 15 is 0 Å². The van der Waals surface area contributed by atoms with Crippen molar-refractivity contribution in [2.24, 2.45) is 23.3 Å². The Hall–Kier alpha value is -2.92. The molecule has 5 nitrogen and oxygen atoms in total. The van der Waals surface area contributed by atoms with Crippen molar-refractivity contribution in [3.8, 4) is 0 Å². The lowest BCUT2D eigenvalue weighted by molar-refractivity contribution is 0.561. The predicted octanol–water partition coefficient (Wildman–Crippen LogP) is 10.6. The van der Waals surface area contributed by atoms with Gasteiger partial charge in [0.1, 0.15) is 0 Å². The van der Waals surface area contributed by atoms with Crippen LogP contribution in [0.3, 0.4) is 0 Å². The van der Waals surface area contributed by atoms with Crippen LogP contribution in [0, 0.1) is 24.2 Å². The second-order valence-electron chi connectivity index (χ2n) is 12.9. The van der Waals surface area contributed by atoms with Crippen LogP contribution in [0.5, 0.6) is 0 Å². The molecule has 5 heteroatoms. The summed E-state index contributed by atoms with van der Waals surface area (Å²) in [5, 5.41) is 6.92. The minimum atomic E-state index is 0.315. The van der Waals surface area contributed by atoms with Crippen molar-refractivity contribution in [2.45, 2.75) is 126 Å². The maximum Gasteiger partial charge on any atom is 0.0921 e. The number of aromatic amines is 1. The number of amidine groups is 1. The molecule has 0 unspecified atom stereocenters. The Labute approximate surface area is 266 Å². The van der Waals surface area contributed by atoms with Gasteiger partial charge >= 0.3 is 0 Å². The van der Waals surface area contributed by atoms with Crippen molar-refractivity contribution in [2.75, 3.05) is 6.54 Å². The van der Waals surface area contributed by atoms with Gasteiger partial charge in [0.2, 0.25) is 0 Å². The number of hydrogen-bond donors (Lipinski definition) is 4. The standard InChI is InChI=1S/C10H14.C9H12.C7H16N2.C6H10N2.C6H15N/c1-8(2)10-6-4-9(3)5-7-10;1-8(2)9-6-4-3-5-7-9;1-6(2)4-3-5-7(8)9;1-5(2)6-3-7-4-8-6;1-6(2)4-3-5-7/h4-8H,1-3H3;3-8H,1-2H3;6H,3-5H2,1-2H3,(H3,8,9);3-5H,1-2H3,(H,7,8);6H,3-5,7H2,1-2H3. The number of nitrogens with one attached hydrogen (secondary N) is 2. The first-order valence-electron chi connectivity index (χ1n) is 16.3. The molecule has 6 N–H and O–H groups in total. The third kappa shape index (κ3) is 27.7. The summed E-state index contributed by atoms with van der Waals surface area (Å²) in [6.45, 7) is 24.9. The average Bonchev–Trinajstić information content (AvgIpc) is 3.49. The first kappa shape index (κ1) is 42.2. The smallest absolute Gasteiger partial charge is 0.0921 e. The Morgan fingerprint density at radius 1 is 0.721 bits per heavy atom. The Bertz CT molecular complexity index is 989. The van der Waals surface area contributed by atoms with Crippen LogP contribution in [0.2, 0.25) is 0 Å². The highest BCUT2D eigenvalue weighted by Gasteiger charge is 1.97. The van der Waals surface area contributed by atoms with Crippen LogP contribution in [0.1, 0.15) is 141 Å². The Kier molecular flexibility index (Phi) is 26.2. The Morgan fingerprint density at radius 2 is 1.21 bits per heavy atom. The van der Waals surface area contributed by atoms with Gasteiger partial charge in [-0.3, -0.25) is 5.41 Å². The molecule has 0 aliphatic carbocycles. The minimum Gasteiger partial charge on any atom is -0.388 e. The fraction of sp³-hybridized carbons (Fsp3) is 0.579. The maximum atomic E-state index is 6.92. The third-order valence-corrected chi connectivity index (χ3v) is 6.56. The van der Waals surface area contributed by atoms with E-state index in [1.807, 2.05) is 12.3 Å². The number of aryl methyl sites for hydroxylation is 1. The SMILES string of the molecule is CC(C)CCCC(=N)N.CC(C)CCCN.CC(C)c1ccccc1.CC(C)c1cnc[nH]1.Cc1ccc(C(C)C)cc1. The average molecular weight is 594 g/mol. The third-order valence-electron chi connectivity index (χ3n) is 6.56. The lowest BCUT2D eigenvalue weighted by Gasteiger charge is -2.03. The van der Waals surface area contributed by atoms with Gasteiger partial charge in [0.25, 0.3) is 0 Å². The summed E-state index contributed by atoms with van der Waals surface area (Å²) in [6, 6.07) is 19.2. The molecule has 244 valence electrons. The van der Waals surface area contributed by atoms with E-state index in [1.54, 1.807) is 6.33 Å². The highest BCUT2D eigenvalue weighted by atomic mass is 14.9. The number of rotatable bonds is 10. The number of benzene rings is 2. The summed E-state index contributed by atoms with van der Waals surface area (Å²) < 4.78 is 0. The maximum absolute atomic E-state index is 6.92. The van der Waals surface area contributed by atoms with Gasteiger partial charge in [-0.1, -0.05) is 136 Å². The van der Waals surface area contributed by atoms with Gasteiger partial charge < -0.3 is 16.5 Å². The molecular formula is C38H67N5. The monoisotopic (exact) mass is 594 g/mol.